The molecule has 0 saturated carbocycles. The number of nitrogens with zero attached hydrogens (tertiary/aromatic N) is 4. The van der Waals surface area contributed by atoms with Gasteiger partial charge >= 0.3 is 0 Å². The zero-order valence-corrected chi connectivity index (χ0v) is 15.8. The Hall–Kier alpha value is -2.74. The van der Waals surface area contributed by atoms with E-state index in [1.165, 1.54) is 18.7 Å². The van der Waals surface area contributed by atoms with Crippen molar-refractivity contribution in [3.63, 3.8) is 0 Å². The lowest BCUT2D eigenvalue weighted by atomic mass is 10.1. The molecular formula is C18H19N5O2S. The van der Waals surface area contributed by atoms with Gasteiger partial charge in [-0.2, -0.15) is 4.98 Å². The minimum atomic E-state index is -0.155. The van der Waals surface area contributed by atoms with Gasteiger partial charge in [-0.15, -0.1) is 5.10 Å². The highest BCUT2D eigenvalue weighted by Gasteiger charge is 2.16. The number of ketones is 1. The molecule has 0 radical (unpaired) electrons. The zero-order chi connectivity index (χ0) is 18.8. The van der Waals surface area contributed by atoms with E-state index in [0.717, 1.165) is 17.0 Å². The Morgan fingerprint density at radius 3 is 2.46 bits per heavy atom. The third-order valence-corrected chi connectivity index (χ3v) is 4.66. The number of hydrogen-bond acceptors (Lipinski definition) is 6. The lowest BCUT2D eigenvalue weighted by molar-refractivity contribution is -0.115. The molecule has 0 atom stereocenters. The average molecular weight is 369 g/mol. The Morgan fingerprint density at radius 2 is 1.85 bits per heavy atom. The zero-order valence-electron chi connectivity index (χ0n) is 15.0. The van der Waals surface area contributed by atoms with Crippen LogP contribution in [0.2, 0.25) is 0 Å². The van der Waals surface area contributed by atoms with Crippen LogP contribution in [0.25, 0.3) is 5.78 Å². The van der Waals surface area contributed by atoms with E-state index in [1.54, 1.807) is 28.8 Å². The maximum absolute atomic E-state index is 12.4. The van der Waals surface area contributed by atoms with E-state index in [-0.39, 0.29) is 18.1 Å². The van der Waals surface area contributed by atoms with Crippen LogP contribution in [0.15, 0.2) is 29.4 Å². The van der Waals surface area contributed by atoms with Gasteiger partial charge in [0, 0.05) is 28.2 Å². The van der Waals surface area contributed by atoms with Crippen LogP contribution in [0.4, 0.5) is 5.69 Å². The Kier molecular flexibility index (Phi) is 5.03. The van der Waals surface area contributed by atoms with Gasteiger partial charge in [-0.1, -0.05) is 11.8 Å². The molecule has 0 aliphatic rings. The van der Waals surface area contributed by atoms with Crippen molar-refractivity contribution in [1.82, 2.24) is 19.6 Å². The van der Waals surface area contributed by atoms with E-state index in [0.29, 0.717) is 22.2 Å². The van der Waals surface area contributed by atoms with Gasteiger partial charge in [-0.25, -0.2) is 9.50 Å². The molecule has 134 valence electrons. The molecule has 2 heterocycles. The van der Waals surface area contributed by atoms with E-state index in [1.807, 2.05) is 20.1 Å². The molecular weight excluding hydrogens is 350 g/mol. The lowest BCUT2D eigenvalue weighted by Crippen LogP contribution is -2.17. The second-order valence-electron chi connectivity index (χ2n) is 5.93. The molecule has 0 saturated heterocycles. The quantitative estimate of drug-likeness (QED) is 0.549. The minimum absolute atomic E-state index is 0.00838. The summed E-state index contributed by atoms with van der Waals surface area (Å²) in [6, 6.07) is 6.83. The van der Waals surface area contributed by atoms with Gasteiger partial charge in [0.15, 0.2) is 5.78 Å². The maximum atomic E-state index is 12.4. The number of Topliss-reactive ketones (excluding diaryl/α,β-unsaturated/α-hetero) is 1. The Bertz CT molecular complexity index is 995. The fraction of sp³-hybridized carbons (Fsp3) is 0.278. The average Bonchev–Trinajstić information content (AvgIpc) is 3.02. The van der Waals surface area contributed by atoms with Crippen LogP contribution in [0, 0.1) is 13.8 Å². The maximum Gasteiger partial charge on any atom is 0.253 e. The predicted molar refractivity (Wildman–Crippen MR) is 101 cm³/mol. The third kappa shape index (κ3) is 3.60. The first-order chi connectivity index (χ1) is 12.4. The molecule has 0 spiro atoms. The summed E-state index contributed by atoms with van der Waals surface area (Å²) in [6.45, 7) is 5.28. The summed E-state index contributed by atoms with van der Waals surface area (Å²) in [4.78, 5) is 32.6. The molecule has 1 N–H and O–H groups in total. The van der Waals surface area contributed by atoms with Crippen molar-refractivity contribution in [3.05, 3.63) is 46.8 Å². The van der Waals surface area contributed by atoms with Gasteiger partial charge in [-0.05, 0) is 51.3 Å². The van der Waals surface area contributed by atoms with Gasteiger partial charge in [0.2, 0.25) is 11.1 Å². The first-order valence-electron chi connectivity index (χ1n) is 8.06. The fourth-order valence-corrected chi connectivity index (χ4v) is 3.02. The third-order valence-electron chi connectivity index (χ3n) is 4.12. The number of thioether (sulfide) groups is 1. The molecule has 0 fully saturated rings. The highest BCUT2D eigenvalue weighted by molar-refractivity contribution is 7.98. The predicted octanol–water partition coefficient (Wildman–Crippen LogP) is 2.85. The topological polar surface area (TPSA) is 89.2 Å². The summed E-state index contributed by atoms with van der Waals surface area (Å²) < 4.78 is 1.67. The minimum Gasteiger partial charge on any atom is -0.326 e. The lowest BCUT2D eigenvalue weighted by Gasteiger charge is -2.11. The van der Waals surface area contributed by atoms with Crippen LogP contribution in [0.1, 0.15) is 34.2 Å². The molecule has 0 aliphatic carbocycles. The van der Waals surface area contributed by atoms with Crippen molar-refractivity contribution in [2.75, 3.05) is 11.6 Å². The molecule has 8 heteroatoms. The second-order valence-corrected chi connectivity index (χ2v) is 6.70. The summed E-state index contributed by atoms with van der Waals surface area (Å²) >= 11 is 1.45. The van der Waals surface area contributed by atoms with Crippen molar-refractivity contribution >= 4 is 34.9 Å². The largest absolute Gasteiger partial charge is 0.326 e. The van der Waals surface area contributed by atoms with Crippen molar-refractivity contribution in [2.45, 2.75) is 32.3 Å². The molecule has 3 rings (SSSR count). The molecule has 3 aromatic rings. The summed E-state index contributed by atoms with van der Waals surface area (Å²) in [6.07, 6.45) is 2.09. The van der Waals surface area contributed by atoms with E-state index < -0.39 is 0 Å². The smallest absolute Gasteiger partial charge is 0.253 e. The van der Waals surface area contributed by atoms with Gasteiger partial charge in [0.1, 0.15) is 0 Å². The standard InChI is InChI=1S/C18H19N5O2S/c1-10-15(11(2)23-17(19-10)21-18(22-23)26-4)9-16(25)20-14-7-5-13(6-8-14)12(3)24/h5-8H,9H2,1-4H3,(H,20,25). The molecule has 0 bridgehead atoms. The monoisotopic (exact) mass is 369 g/mol. The molecule has 1 amide bonds. The molecule has 2 aromatic heterocycles. The molecule has 0 aliphatic heterocycles. The SMILES string of the molecule is CSc1nc2nc(C)c(CC(=O)Nc3ccc(C(C)=O)cc3)c(C)n2n1. The van der Waals surface area contributed by atoms with Crippen LogP contribution in [-0.4, -0.2) is 37.5 Å². The highest BCUT2D eigenvalue weighted by atomic mass is 32.2. The Balaban J connectivity index is 1.81. The normalized spacial score (nSPS) is 10.9. The number of amides is 1. The highest BCUT2D eigenvalue weighted by Crippen LogP contribution is 2.18. The molecule has 0 unspecified atom stereocenters. The summed E-state index contributed by atoms with van der Waals surface area (Å²) in [5, 5.41) is 7.89. The van der Waals surface area contributed by atoms with Crippen molar-refractivity contribution in [2.24, 2.45) is 0 Å². The van der Waals surface area contributed by atoms with E-state index in [4.69, 9.17) is 0 Å². The molecule has 7 nitrogen and oxygen atoms in total. The number of rotatable bonds is 5. The first kappa shape index (κ1) is 18.1. The fourth-order valence-electron chi connectivity index (χ4n) is 2.69. The number of aromatic nitrogens is 4. The molecule has 1 aromatic carbocycles. The van der Waals surface area contributed by atoms with E-state index in [9.17, 15) is 9.59 Å². The van der Waals surface area contributed by atoms with Crippen LogP contribution < -0.4 is 5.32 Å². The van der Waals surface area contributed by atoms with E-state index in [2.05, 4.69) is 20.4 Å². The Labute approximate surface area is 155 Å². The van der Waals surface area contributed by atoms with E-state index >= 15 is 0 Å². The van der Waals surface area contributed by atoms with Crippen LogP contribution in [-0.2, 0) is 11.2 Å². The number of aryl methyl sites for hydroxylation is 2. The summed E-state index contributed by atoms with van der Waals surface area (Å²) in [7, 11) is 0. The number of nitrogens with one attached hydrogen (secondary N) is 1. The molecule has 26 heavy (non-hydrogen) atoms. The van der Waals surface area contributed by atoms with Gasteiger partial charge < -0.3 is 5.32 Å². The number of anilines is 1. The van der Waals surface area contributed by atoms with Crippen molar-refractivity contribution in [1.29, 1.82) is 0 Å². The second kappa shape index (κ2) is 7.25. The van der Waals surface area contributed by atoms with Gasteiger partial charge in [-0.3, -0.25) is 9.59 Å². The van der Waals surface area contributed by atoms with Gasteiger partial charge in [0.25, 0.3) is 5.78 Å². The number of benzene rings is 1. The number of hydrogen-bond donors (Lipinski definition) is 1. The van der Waals surface area contributed by atoms with Crippen LogP contribution >= 0.6 is 11.8 Å². The van der Waals surface area contributed by atoms with Gasteiger partial charge in [0.05, 0.1) is 6.42 Å². The number of carbonyl (C=O) groups excluding carboxylic acids is 2. The number of fused-ring (bicyclic) bond motifs is 1. The van der Waals surface area contributed by atoms with Crippen molar-refractivity contribution < 1.29 is 9.59 Å². The Morgan fingerprint density at radius 1 is 1.15 bits per heavy atom. The summed E-state index contributed by atoms with van der Waals surface area (Å²) in [5.74, 6) is 0.373. The van der Waals surface area contributed by atoms with Crippen molar-refractivity contribution in [3.8, 4) is 0 Å². The van der Waals surface area contributed by atoms with Crippen LogP contribution in [0.5, 0.6) is 0 Å². The van der Waals surface area contributed by atoms with Crippen LogP contribution in [0.3, 0.4) is 0 Å². The number of carbonyl (C=O) groups is 2. The first-order valence-corrected chi connectivity index (χ1v) is 9.29. The summed E-state index contributed by atoms with van der Waals surface area (Å²) in [5.41, 5.74) is 3.70.